The van der Waals surface area contributed by atoms with E-state index in [-0.39, 0.29) is 6.61 Å². The minimum atomic E-state index is -0.121. The minimum absolute atomic E-state index is 0.121. The molecule has 0 unspecified atom stereocenters. The van der Waals surface area contributed by atoms with E-state index in [2.05, 4.69) is 11.8 Å². The number of aliphatic hydroxyl groups excluding tert-OH is 1. The van der Waals surface area contributed by atoms with E-state index >= 15 is 0 Å². The summed E-state index contributed by atoms with van der Waals surface area (Å²) in [5.74, 6) is 6.39. The Morgan fingerprint density at radius 1 is 1.11 bits per heavy atom. The van der Waals surface area contributed by atoms with Gasteiger partial charge in [-0.3, -0.25) is 0 Å². The van der Waals surface area contributed by atoms with Gasteiger partial charge in [-0.15, -0.1) is 0 Å². The van der Waals surface area contributed by atoms with Crippen LogP contribution in [-0.4, -0.2) is 11.7 Å². The number of hydrogen-bond donors (Lipinski definition) is 1. The highest BCUT2D eigenvalue weighted by atomic mass is 16.5. The Balaban J connectivity index is 2.03. The molecule has 2 heteroatoms. The van der Waals surface area contributed by atoms with Gasteiger partial charge < -0.3 is 9.84 Å². The minimum Gasteiger partial charge on any atom is -0.489 e. The maximum absolute atomic E-state index is 8.68. The Labute approximate surface area is 113 Å². The molecule has 2 nitrogen and oxygen atoms in total. The lowest BCUT2D eigenvalue weighted by Gasteiger charge is -2.07. The second-order valence-electron chi connectivity index (χ2n) is 4.27. The highest BCUT2D eigenvalue weighted by Crippen LogP contribution is 2.15. The molecule has 0 saturated carbocycles. The van der Waals surface area contributed by atoms with E-state index in [1.165, 1.54) is 5.56 Å². The third-order valence-electron chi connectivity index (χ3n) is 2.63. The summed E-state index contributed by atoms with van der Waals surface area (Å²) in [4.78, 5) is 0. The van der Waals surface area contributed by atoms with Crippen molar-refractivity contribution in [2.45, 2.75) is 13.5 Å². The Kier molecular flexibility index (Phi) is 4.60. The van der Waals surface area contributed by atoms with E-state index in [1.54, 1.807) is 0 Å². The van der Waals surface area contributed by atoms with Gasteiger partial charge in [0.2, 0.25) is 0 Å². The predicted molar refractivity (Wildman–Crippen MR) is 75.9 cm³/mol. The van der Waals surface area contributed by atoms with Crippen LogP contribution < -0.4 is 4.74 Å². The van der Waals surface area contributed by atoms with Gasteiger partial charge in [0.25, 0.3) is 0 Å². The molecule has 0 aliphatic carbocycles. The molecular formula is C17H16O2. The topological polar surface area (TPSA) is 29.5 Å². The summed E-state index contributed by atoms with van der Waals surface area (Å²) in [7, 11) is 0. The lowest BCUT2D eigenvalue weighted by molar-refractivity contribution is 0.306. The summed E-state index contributed by atoms with van der Waals surface area (Å²) in [6, 6.07) is 15.8. The van der Waals surface area contributed by atoms with Gasteiger partial charge in [-0.05, 0) is 42.3 Å². The van der Waals surface area contributed by atoms with E-state index in [0.29, 0.717) is 6.61 Å². The van der Waals surface area contributed by atoms with Crippen LogP contribution in [0.4, 0.5) is 0 Å². The summed E-state index contributed by atoms with van der Waals surface area (Å²) in [5.41, 5.74) is 3.13. The monoisotopic (exact) mass is 252 g/mol. The van der Waals surface area contributed by atoms with Gasteiger partial charge in [-0.2, -0.15) is 0 Å². The van der Waals surface area contributed by atoms with Crippen molar-refractivity contribution >= 4 is 0 Å². The van der Waals surface area contributed by atoms with E-state index in [0.717, 1.165) is 16.9 Å². The lowest BCUT2D eigenvalue weighted by atomic mass is 10.1. The molecule has 19 heavy (non-hydrogen) atoms. The van der Waals surface area contributed by atoms with Crippen LogP contribution in [0.3, 0.4) is 0 Å². The zero-order chi connectivity index (χ0) is 13.5. The summed E-state index contributed by atoms with van der Waals surface area (Å²) in [6.45, 7) is 2.43. The lowest BCUT2D eigenvalue weighted by Crippen LogP contribution is -1.96. The molecule has 0 amide bonds. The first-order chi connectivity index (χ1) is 9.28. The molecule has 96 valence electrons. The molecule has 2 aromatic carbocycles. The van der Waals surface area contributed by atoms with Crippen molar-refractivity contribution in [3.63, 3.8) is 0 Å². The molecule has 2 rings (SSSR count). The van der Waals surface area contributed by atoms with E-state index in [1.807, 2.05) is 55.5 Å². The molecular weight excluding hydrogens is 236 g/mol. The van der Waals surface area contributed by atoms with Crippen molar-refractivity contribution in [2.75, 3.05) is 6.61 Å². The van der Waals surface area contributed by atoms with Crippen molar-refractivity contribution in [1.29, 1.82) is 0 Å². The summed E-state index contributed by atoms with van der Waals surface area (Å²) in [5, 5.41) is 8.68. The van der Waals surface area contributed by atoms with Crippen LogP contribution in [0.5, 0.6) is 5.75 Å². The number of rotatable bonds is 3. The van der Waals surface area contributed by atoms with Crippen LogP contribution in [0.15, 0.2) is 48.5 Å². The first kappa shape index (κ1) is 13.2. The van der Waals surface area contributed by atoms with Gasteiger partial charge in [0, 0.05) is 5.56 Å². The molecule has 0 spiro atoms. The van der Waals surface area contributed by atoms with Crippen LogP contribution >= 0.6 is 0 Å². The zero-order valence-electron chi connectivity index (χ0n) is 10.9. The van der Waals surface area contributed by atoms with Gasteiger partial charge in [0.15, 0.2) is 0 Å². The third-order valence-corrected chi connectivity index (χ3v) is 2.63. The maximum atomic E-state index is 8.68. The van der Waals surface area contributed by atoms with Gasteiger partial charge in [0.05, 0.1) is 0 Å². The molecule has 1 N–H and O–H groups in total. The molecule has 0 saturated heterocycles. The van der Waals surface area contributed by atoms with Crippen molar-refractivity contribution in [3.8, 4) is 17.6 Å². The quantitative estimate of drug-likeness (QED) is 0.851. The van der Waals surface area contributed by atoms with E-state index in [9.17, 15) is 0 Å². The fourth-order valence-corrected chi connectivity index (χ4v) is 1.75. The summed E-state index contributed by atoms with van der Waals surface area (Å²) < 4.78 is 5.73. The molecule has 0 fully saturated rings. The first-order valence-electron chi connectivity index (χ1n) is 6.16. The van der Waals surface area contributed by atoms with Gasteiger partial charge >= 0.3 is 0 Å². The van der Waals surface area contributed by atoms with E-state index in [4.69, 9.17) is 9.84 Å². The first-order valence-corrected chi connectivity index (χ1v) is 6.16. The average Bonchev–Trinajstić information content (AvgIpc) is 2.43. The van der Waals surface area contributed by atoms with Crippen LogP contribution in [-0.2, 0) is 6.61 Å². The Morgan fingerprint density at radius 3 is 2.74 bits per heavy atom. The second kappa shape index (κ2) is 6.63. The SMILES string of the molecule is Cc1cccc(OCc2cccc(C#CCO)c2)c1. The standard InChI is InChI=1S/C17H16O2/c1-14-5-2-9-17(11-14)19-13-16-7-3-6-15(12-16)8-4-10-18/h2-3,5-7,9,11-12,18H,10,13H2,1H3. The fraction of sp³-hybridized carbons (Fsp3) is 0.176. The zero-order valence-corrected chi connectivity index (χ0v) is 10.9. The predicted octanol–water partition coefficient (Wildman–Crippen LogP) is 2.92. The number of benzene rings is 2. The summed E-state index contributed by atoms with van der Waals surface area (Å²) >= 11 is 0. The van der Waals surface area contributed by atoms with Crippen molar-refractivity contribution in [2.24, 2.45) is 0 Å². The molecule has 0 atom stereocenters. The Morgan fingerprint density at radius 2 is 1.95 bits per heavy atom. The highest BCUT2D eigenvalue weighted by molar-refractivity contribution is 5.37. The van der Waals surface area contributed by atoms with Crippen molar-refractivity contribution < 1.29 is 9.84 Å². The average molecular weight is 252 g/mol. The normalized spacial score (nSPS) is 9.58. The second-order valence-corrected chi connectivity index (χ2v) is 4.27. The van der Waals surface area contributed by atoms with Gasteiger partial charge in [-0.25, -0.2) is 0 Å². The molecule has 0 bridgehead atoms. The number of aryl methyl sites for hydroxylation is 1. The number of aliphatic hydroxyl groups is 1. The molecule has 0 aliphatic rings. The smallest absolute Gasteiger partial charge is 0.120 e. The largest absolute Gasteiger partial charge is 0.489 e. The molecule has 0 aromatic heterocycles. The molecule has 0 heterocycles. The third kappa shape index (κ3) is 4.17. The highest BCUT2D eigenvalue weighted by Gasteiger charge is 1.97. The fourth-order valence-electron chi connectivity index (χ4n) is 1.75. The number of hydrogen-bond acceptors (Lipinski definition) is 2. The van der Waals surface area contributed by atoms with Crippen LogP contribution in [0.1, 0.15) is 16.7 Å². The summed E-state index contributed by atoms with van der Waals surface area (Å²) in [6.07, 6.45) is 0. The van der Waals surface area contributed by atoms with Crippen molar-refractivity contribution in [1.82, 2.24) is 0 Å². The molecule has 0 aliphatic heterocycles. The maximum Gasteiger partial charge on any atom is 0.120 e. The molecule has 2 aromatic rings. The van der Waals surface area contributed by atoms with E-state index < -0.39 is 0 Å². The Bertz CT molecular complexity index is 606. The van der Waals surface area contributed by atoms with Crippen molar-refractivity contribution in [3.05, 3.63) is 65.2 Å². The van der Waals surface area contributed by atoms with Gasteiger partial charge in [-0.1, -0.05) is 36.1 Å². The van der Waals surface area contributed by atoms with Crippen LogP contribution in [0, 0.1) is 18.8 Å². The molecule has 0 radical (unpaired) electrons. The number of ether oxygens (including phenoxy) is 1. The Hall–Kier alpha value is -2.24. The van der Waals surface area contributed by atoms with Gasteiger partial charge in [0.1, 0.15) is 19.0 Å². The van der Waals surface area contributed by atoms with Crippen LogP contribution in [0.25, 0.3) is 0 Å². The van der Waals surface area contributed by atoms with Crippen LogP contribution in [0.2, 0.25) is 0 Å².